The molecule has 1 aliphatic heterocycles. The fourth-order valence-corrected chi connectivity index (χ4v) is 3.13. The van der Waals surface area contributed by atoms with Crippen molar-refractivity contribution in [3.63, 3.8) is 0 Å². The first kappa shape index (κ1) is 18.0. The molecule has 136 valence electrons. The number of likely N-dealkylation sites (tertiary alicyclic amines) is 1. The number of hydrogen-bond donors (Lipinski definition) is 1. The van der Waals surface area contributed by atoms with Gasteiger partial charge in [-0.15, -0.1) is 0 Å². The zero-order chi connectivity index (χ0) is 18.5. The Bertz CT molecular complexity index is 795. The van der Waals surface area contributed by atoms with Crippen molar-refractivity contribution in [3.8, 4) is 0 Å². The number of nitrogens with zero attached hydrogens (tertiary/aromatic N) is 3. The molecule has 1 fully saturated rings. The summed E-state index contributed by atoms with van der Waals surface area (Å²) in [6.45, 7) is 2.50. The lowest BCUT2D eigenvalue weighted by Crippen LogP contribution is -2.34. The SMILES string of the molecule is COCC(=O)N1CCC[C@@H]1c1ncc(C(=O)Nc2ccccc2)c(C)n1. The Morgan fingerprint density at radius 2 is 2.08 bits per heavy atom. The maximum atomic E-state index is 12.5. The second-order valence-electron chi connectivity index (χ2n) is 6.23. The highest BCUT2D eigenvalue weighted by Gasteiger charge is 2.32. The number of carbonyl (C=O) groups excluding carboxylic acids is 2. The zero-order valence-corrected chi connectivity index (χ0v) is 14.9. The third kappa shape index (κ3) is 3.88. The molecular formula is C19H22N4O3. The normalized spacial score (nSPS) is 16.5. The minimum absolute atomic E-state index is 0.0487. The molecule has 1 aromatic heterocycles. The molecule has 3 rings (SSSR count). The smallest absolute Gasteiger partial charge is 0.259 e. The molecule has 2 aromatic rings. The van der Waals surface area contributed by atoms with E-state index in [2.05, 4.69) is 15.3 Å². The second-order valence-corrected chi connectivity index (χ2v) is 6.23. The number of anilines is 1. The Morgan fingerprint density at radius 3 is 2.77 bits per heavy atom. The monoisotopic (exact) mass is 354 g/mol. The standard InChI is InChI=1S/C19H22N4O3/c1-13-15(19(25)22-14-7-4-3-5-8-14)11-20-18(21-13)16-9-6-10-23(16)17(24)12-26-2/h3-5,7-8,11,16H,6,9-10,12H2,1-2H3,(H,22,25)/t16-/m1/s1. The highest BCUT2D eigenvalue weighted by molar-refractivity contribution is 6.04. The molecule has 2 heterocycles. The number of nitrogens with one attached hydrogen (secondary N) is 1. The van der Waals surface area contributed by atoms with Crippen molar-refractivity contribution in [2.24, 2.45) is 0 Å². The first-order valence-electron chi connectivity index (χ1n) is 8.58. The molecular weight excluding hydrogens is 332 g/mol. The topological polar surface area (TPSA) is 84.4 Å². The molecule has 0 bridgehead atoms. The van der Waals surface area contributed by atoms with Crippen LogP contribution in [0.1, 0.15) is 40.8 Å². The summed E-state index contributed by atoms with van der Waals surface area (Å²) in [5.74, 6) is 0.252. The highest BCUT2D eigenvalue weighted by Crippen LogP contribution is 2.30. The third-order valence-corrected chi connectivity index (χ3v) is 4.41. The van der Waals surface area contributed by atoms with Crippen LogP contribution >= 0.6 is 0 Å². The van der Waals surface area contributed by atoms with Crippen molar-refractivity contribution in [2.75, 3.05) is 25.6 Å². The van der Waals surface area contributed by atoms with Gasteiger partial charge in [0.05, 0.1) is 17.3 Å². The van der Waals surface area contributed by atoms with Gasteiger partial charge in [-0.05, 0) is 31.9 Å². The van der Waals surface area contributed by atoms with Crippen LogP contribution in [0.4, 0.5) is 5.69 Å². The van der Waals surface area contributed by atoms with Gasteiger partial charge >= 0.3 is 0 Å². The molecule has 7 heteroatoms. The third-order valence-electron chi connectivity index (χ3n) is 4.41. The van der Waals surface area contributed by atoms with E-state index in [9.17, 15) is 9.59 Å². The lowest BCUT2D eigenvalue weighted by atomic mass is 10.1. The molecule has 2 amide bonds. The van der Waals surface area contributed by atoms with Crippen LogP contribution in [-0.4, -0.2) is 46.9 Å². The number of hydrogen-bond acceptors (Lipinski definition) is 5. The Kier molecular flexibility index (Phi) is 5.58. The lowest BCUT2D eigenvalue weighted by molar-refractivity contribution is -0.136. The first-order chi connectivity index (χ1) is 12.6. The maximum Gasteiger partial charge on any atom is 0.259 e. The average molecular weight is 354 g/mol. The van der Waals surface area contributed by atoms with E-state index >= 15 is 0 Å². The summed E-state index contributed by atoms with van der Waals surface area (Å²) in [5, 5.41) is 2.83. The molecule has 0 unspecified atom stereocenters. The number of para-hydroxylation sites is 1. The Morgan fingerprint density at radius 1 is 1.31 bits per heavy atom. The van der Waals surface area contributed by atoms with Crippen molar-refractivity contribution in [3.05, 3.63) is 53.6 Å². The highest BCUT2D eigenvalue weighted by atomic mass is 16.5. The summed E-state index contributed by atoms with van der Waals surface area (Å²) in [7, 11) is 1.50. The fraction of sp³-hybridized carbons (Fsp3) is 0.368. The van der Waals surface area contributed by atoms with Gasteiger partial charge in [-0.25, -0.2) is 9.97 Å². The van der Waals surface area contributed by atoms with Crippen molar-refractivity contribution < 1.29 is 14.3 Å². The van der Waals surface area contributed by atoms with Crippen LogP contribution in [0.2, 0.25) is 0 Å². The predicted molar refractivity (Wildman–Crippen MR) is 96.7 cm³/mol. The average Bonchev–Trinajstić information content (AvgIpc) is 3.12. The fourth-order valence-electron chi connectivity index (χ4n) is 3.13. The molecule has 0 radical (unpaired) electrons. The van der Waals surface area contributed by atoms with Crippen molar-refractivity contribution >= 4 is 17.5 Å². The maximum absolute atomic E-state index is 12.5. The number of aromatic nitrogens is 2. The van der Waals surface area contributed by atoms with Crippen molar-refractivity contribution in [1.82, 2.24) is 14.9 Å². The summed E-state index contributed by atoms with van der Waals surface area (Å²) in [6, 6.07) is 9.07. The molecule has 1 aromatic carbocycles. The molecule has 1 atom stereocenters. The van der Waals surface area contributed by atoms with Gasteiger partial charge in [0.2, 0.25) is 5.91 Å². The van der Waals surface area contributed by atoms with Gasteiger partial charge in [0.1, 0.15) is 6.61 Å². The number of carbonyl (C=O) groups is 2. The van der Waals surface area contributed by atoms with E-state index in [0.29, 0.717) is 29.3 Å². The quantitative estimate of drug-likeness (QED) is 0.891. The number of amides is 2. The largest absolute Gasteiger partial charge is 0.375 e. The molecule has 0 spiro atoms. The van der Waals surface area contributed by atoms with E-state index < -0.39 is 0 Å². The summed E-state index contributed by atoms with van der Waals surface area (Å²) in [6.07, 6.45) is 3.25. The molecule has 0 saturated carbocycles. The lowest BCUT2D eigenvalue weighted by Gasteiger charge is -2.23. The van der Waals surface area contributed by atoms with Gasteiger partial charge in [0, 0.05) is 25.5 Å². The summed E-state index contributed by atoms with van der Waals surface area (Å²) >= 11 is 0. The number of methoxy groups -OCH3 is 1. The van der Waals surface area contributed by atoms with Crippen molar-refractivity contribution in [2.45, 2.75) is 25.8 Å². The molecule has 1 saturated heterocycles. The van der Waals surface area contributed by atoms with Crippen LogP contribution in [0.15, 0.2) is 36.5 Å². The summed E-state index contributed by atoms with van der Waals surface area (Å²) in [5.41, 5.74) is 1.73. The molecule has 1 N–H and O–H groups in total. The zero-order valence-electron chi connectivity index (χ0n) is 14.9. The van der Waals surface area contributed by atoms with Crippen molar-refractivity contribution in [1.29, 1.82) is 0 Å². The van der Waals surface area contributed by atoms with Gasteiger partial charge in [-0.3, -0.25) is 9.59 Å². The van der Waals surface area contributed by atoms with Gasteiger partial charge in [0.15, 0.2) is 5.82 Å². The molecule has 0 aliphatic carbocycles. The van der Waals surface area contributed by atoms with Crippen LogP contribution in [0, 0.1) is 6.92 Å². The van der Waals surface area contributed by atoms with E-state index in [0.717, 1.165) is 12.8 Å². The van der Waals surface area contributed by atoms with Gasteiger partial charge in [-0.2, -0.15) is 0 Å². The number of benzene rings is 1. The molecule has 1 aliphatic rings. The predicted octanol–water partition coefficient (Wildman–Crippen LogP) is 2.35. The number of ether oxygens (including phenoxy) is 1. The minimum Gasteiger partial charge on any atom is -0.375 e. The Balaban J connectivity index is 1.77. The van der Waals surface area contributed by atoms with Gasteiger partial charge in [-0.1, -0.05) is 18.2 Å². The van der Waals surface area contributed by atoms with Crippen LogP contribution in [-0.2, 0) is 9.53 Å². The van der Waals surface area contributed by atoms with E-state index in [1.54, 1.807) is 11.8 Å². The Labute approximate surface area is 152 Å². The van der Waals surface area contributed by atoms with Crippen LogP contribution in [0.5, 0.6) is 0 Å². The second kappa shape index (κ2) is 8.05. The number of aryl methyl sites for hydroxylation is 1. The summed E-state index contributed by atoms with van der Waals surface area (Å²) in [4.78, 5) is 35.3. The summed E-state index contributed by atoms with van der Waals surface area (Å²) < 4.78 is 4.95. The van der Waals surface area contributed by atoms with Crippen LogP contribution < -0.4 is 5.32 Å². The van der Waals surface area contributed by atoms with E-state index in [4.69, 9.17) is 4.74 Å². The van der Waals surface area contributed by atoms with Gasteiger partial charge < -0.3 is 15.0 Å². The van der Waals surface area contributed by atoms with Crippen LogP contribution in [0.25, 0.3) is 0 Å². The Hall–Kier alpha value is -2.80. The molecule has 7 nitrogen and oxygen atoms in total. The van der Waals surface area contributed by atoms with Crippen LogP contribution in [0.3, 0.4) is 0 Å². The first-order valence-corrected chi connectivity index (χ1v) is 8.58. The molecule has 26 heavy (non-hydrogen) atoms. The minimum atomic E-state index is -0.251. The van der Waals surface area contributed by atoms with E-state index in [1.807, 2.05) is 30.3 Å². The van der Waals surface area contributed by atoms with E-state index in [-0.39, 0.29) is 24.5 Å². The number of rotatable bonds is 5. The van der Waals surface area contributed by atoms with E-state index in [1.165, 1.54) is 13.3 Å². The van der Waals surface area contributed by atoms with Gasteiger partial charge in [0.25, 0.3) is 5.91 Å².